The fourth-order valence-electron chi connectivity index (χ4n) is 1.93. The van der Waals surface area contributed by atoms with Crippen LogP contribution in [0, 0.1) is 5.92 Å². The second-order valence-electron chi connectivity index (χ2n) is 4.17. The van der Waals surface area contributed by atoms with Crippen LogP contribution >= 0.6 is 0 Å². The lowest BCUT2D eigenvalue weighted by molar-refractivity contribution is -0.157. The Morgan fingerprint density at radius 1 is 1.50 bits per heavy atom. The second kappa shape index (κ2) is 7.63. The first-order valence-electron chi connectivity index (χ1n) is 6.26. The third-order valence-corrected chi connectivity index (χ3v) is 2.93. The number of nitrogens with one attached hydrogen (secondary N) is 1. The van der Waals surface area contributed by atoms with Gasteiger partial charge in [0.25, 0.3) is 0 Å². The monoisotopic (exact) mass is 229 g/mol. The fourth-order valence-corrected chi connectivity index (χ4v) is 1.93. The lowest BCUT2D eigenvalue weighted by atomic mass is 10.1. The van der Waals surface area contributed by atoms with Gasteiger partial charge in [-0.25, -0.2) is 4.79 Å². The number of hydrogen-bond donors (Lipinski definition) is 1. The predicted molar refractivity (Wildman–Crippen MR) is 62.3 cm³/mol. The van der Waals surface area contributed by atoms with Crippen LogP contribution in [-0.4, -0.2) is 38.4 Å². The largest absolute Gasteiger partial charge is 0.464 e. The molecule has 1 heterocycles. The van der Waals surface area contributed by atoms with Crippen molar-refractivity contribution >= 4 is 5.97 Å². The van der Waals surface area contributed by atoms with E-state index in [1.54, 1.807) is 0 Å². The maximum absolute atomic E-state index is 11.4. The first kappa shape index (κ1) is 13.5. The Hall–Kier alpha value is -0.610. The Kier molecular flexibility index (Phi) is 6.42. The van der Waals surface area contributed by atoms with E-state index in [1.165, 1.54) is 6.42 Å². The summed E-state index contributed by atoms with van der Waals surface area (Å²) in [6.07, 6.45) is 2.55. The minimum absolute atomic E-state index is 0.227. The van der Waals surface area contributed by atoms with E-state index in [4.69, 9.17) is 9.47 Å². The summed E-state index contributed by atoms with van der Waals surface area (Å²) in [5, 5.41) is 3.32. The molecule has 2 atom stereocenters. The number of ether oxygens (including phenoxy) is 2. The van der Waals surface area contributed by atoms with Crippen LogP contribution < -0.4 is 5.32 Å². The zero-order valence-electron chi connectivity index (χ0n) is 10.3. The Labute approximate surface area is 97.7 Å². The van der Waals surface area contributed by atoms with Crippen molar-refractivity contribution in [1.82, 2.24) is 5.32 Å². The molecule has 16 heavy (non-hydrogen) atoms. The van der Waals surface area contributed by atoms with Gasteiger partial charge in [0.2, 0.25) is 0 Å². The zero-order chi connectivity index (χ0) is 11.8. The van der Waals surface area contributed by atoms with E-state index in [9.17, 15) is 4.79 Å². The molecule has 94 valence electrons. The quantitative estimate of drug-likeness (QED) is 0.669. The van der Waals surface area contributed by atoms with Gasteiger partial charge < -0.3 is 14.8 Å². The Bertz CT molecular complexity index is 202. The molecule has 1 aliphatic rings. The summed E-state index contributed by atoms with van der Waals surface area (Å²) in [5.74, 6) is 0.481. The van der Waals surface area contributed by atoms with E-state index < -0.39 is 0 Å². The molecule has 0 aromatic heterocycles. The van der Waals surface area contributed by atoms with Crippen molar-refractivity contribution in [2.45, 2.75) is 39.2 Å². The summed E-state index contributed by atoms with van der Waals surface area (Å²) < 4.78 is 10.5. The molecule has 0 bridgehead atoms. The van der Waals surface area contributed by atoms with Crippen LogP contribution in [0.1, 0.15) is 33.1 Å². The standard InChI is InChI=1S/C12H23NO3/c1-3-11(12(14)15-4-2)16-8-6-10-5-7-13-9-10/h10-11,13H,3-9H2,1-2H3. The van der Waals surface area contributed by atoms with Gasteiger partial charge in [-0.05, 0) is 45.2 Å². The van der Waals surface area contributed by atoms with Crippen LogP contribution in [0.5, 0.6) is 0 Å². The highest BCUT2D eigenvalue weighted by Gasteiger charge is 2.19. The molecule has 0 aromatic carbocycles. The smallest absolute Gasteiger partial charge is 0.335 e. The van der Waals surface area contributed by atoms with Gasteiger partial charge in [0.1, 0.15) is 0 Å². The number of carbonyl (C=O) groups is 1. The molecule has 4 nitrogen and oxygen atoms in total. The highest BCUT2D eigenvalue weighted by atomic mass is 16.6. The summed E-state index contributed by atoms with van der Waals surface area (Å²) in [4.78, 5) is 11.4. The van der Waals surface area contributed by atoms with Crippen LogP contribution in [0.2, 0.25) is 0 Å². The fraction of sp³-hybridized carbons (Fsp3) is 0.917. The second-order valence-corrected chi connectivity index (χ2v) is 4.17. The van der Waals surface area contributed by atoms with Crippen molar-refractivity contribution in [3.05, 3.63) is 0 Å². The molecule has 1 N–H and O–H groups in total. The van der Waals surface area contributed by atoms with Crippen molar-refractivity contribution in [3.8, 4) is 0 Å². The minimum Gasteiger partial charge on any atom is -0.464 e. The van der Waals surface area contributed by atoms with Crippen LogP contribution in [-0.2, 0) is 14.3 Å². The van der Waals surface area contributed by atoms with Crippen LogP contribution in [0.3, 0.4) is 0 Å². The maximum Gasteiger partial charge on any atom is 0.335 e. The van der Waals surface area contributed by atoms with E-state index in [0.29, 0.717) is 25.6 Å². The summed E-state index contributed by atoms with van der Waals surface area (Å²) in [7, 11) is 0. The minimum atomic E-state index is -0.380. The van der Waals surface area contributed by atoms with Gasteiger partial charge in [-0.15, -0.1) is 0 Å². The molecule has 0 aromatic rings. The normalized spacial score (nSPS) is 22.0. The zero-order valence-corrected chi connectivity index (χ0v) is 10.3. The Morgan fingerprint density at radius 2 is 2.31 bits per heavy atom. The molecule has 0 radical (unpaired) electrons. The van der Waals surface area contributed by atoms with Crippen molar-refractivity contribution in [3.63, 3.8) is 0 Å². The summed E-state index contributed by atoms with van der Waals surface area (Å²) >= 11 is 0. The van der Waals surface area contributed by atoms with Gasteiger partial charge in [-0.2, -0.15) is 0 Å². The van der Waals surface area contributed by atoms with E-state index in [-0.39, 0.29) is 12.1 Å². The van der Waals surface area contributed by atoms with Gasteiger partial charge in [0.05, 0.1) is 6.61 Å². The summed E-state index contributed by atoms with van der Waals surface area (Å²) in [5.41, 5.74) is 0. The predicted octanol–water partition coefficient (Wildman–Crippen LogP) is 1.34. The van der Waals surface area contributed by atoms with Crippen molar-refractivity contribution in [1.29, 1.82) is 0 Å². The first-order chi connectivity index (χ1) is 7.77. The van der Waals surface area contributed by atoms with Crippen molar-refractivity contribution in [2.24, 2.45) is 5.92 Å². The van der Waals surface area contributed by atoms with E-state index in [2.05, 4.69) is 5.32 Å². The molecule has 4 heteroatoms. The van der Waals surface area contributed by atoms with Gasteiger partial charge >= 0.3 is 5.97 Å². The Balaban J connectivity index is 2.14. The SMILES string of the molecule is CCOC(=O)C(CC)OCCC1CCNC1. The van der Waals surface area contributed by atoms with E-state index in [1.807, 2.05) is 13.8 Å². The highest BCUT2D eigenvalue weighted by molar-refractivity contribution is 5.74. The molecule has 2 unspecified atom stereocenters. The van der Waals surface area contributed by atoms with Gasteiger partial charge in [0, 0.05) is 6.61 Å². The van der Waals surface area contributed by atoms with Crippen molar-refractivity contribution in [2.75, 3.05) is 26.3 Å². The summed E-state index contributed by atoms with van der Waals surface area (Å²) in [6.45, 7) is 7.03. The van der Waals surface area contributed by atoms with E-state index >= 15 is 0 Å². The molecule has 0 saturated carbocycles. The van der Waals surface area contributed by atoms with Crippen molar-refractivity contribution < 1.29 is 14.3 Å². The molecule has 1 saturated heterocycles. The molecule has 0 amide bonds. The number of esters is 1. The molecular formula is C12H23NO3. The highest BCUT2D eigenvalue weighted by Crippen LogP contribution is 2.13. The number of carbonyl (C=O) groups excluding carboxylic acids is 1. The van der Waals surface area contributed by atoms with Gasteiger partial charge in [-0.3, -0.25) is 0 Å². The number of hydrogen-bond acceptors (Lipinski definition) is 4. The lowest BCUT2D eigenvalue weighted by Gasteiger charge is -2.15. The summed E-state index contributed by atoms with van der Waals surface area (Å²) in [6, 6.07) is 0. The van der Waals surface area contributed by atoms with E-state index in [0.717, 1.165) is 19.5 Å². The van der Waals surface area contributed by atoms with Gasteiger partial charge in [-0.1, -0.05) is 6.92 Å². The first-order valence-corrected chi connectivity index (χ1v) is 6.26. The lowest BCUT2D eigenvalue weighted by Crippen LogP contribution is -2.27. The number of rotatable bonds is 7. The topological polar surface area (TPSA) is 47.6 Å². The Morgan fingerprint density at radius 3 is 2.88 bits per heavy atom. The maximum atomic E-state index is 11.4. The molecule has 0 spiro atoms. The molecular weight excluding hydrogens is 206 g/mol. The third-order valence-electron chi connectivity index (χ3n) is 2.93. The van der Waals surface area contributed by atoms with Crippen LogP contribution in [0.25, 0.3) is 0 Å². The van der Waals surface area contributed by atoms with Crippen LogP contribution in [0.15, 0.2) is 0 Å². The molecule has 0 aliphatic carbocycles. The molecule has 1 rings (SSSR count). The van der Waals surface area contributed by atoms with Crippen LogP contribution in [0.4, 0.5) is 0 Å². The third kappa shape index (κ3) is 4.49. The van der Waals surface area contributed by atoms with Gasteiger partial charge in [0.15, 0.2) is 6.10 Å². The average molecular weight is 229 g/mol. The average Bonchev–Trinajstić information content (AvgIpc) is 2.77. The molecule has 1 fully saturated rings. The molecule has 1 aliphatic heterocycles.